The smallest absolute Gasteiger partial charge is 0.243 e. The minimum absolute atomic E-state index is 0.113. The number of phenolic OH excluding ortho intramolecular Hbond substituents is 1. The van der Waals surface area contributed by atoms with E-state index in [0.29, 0.717) is 17.3 Å². The molecule has 1 aliphatic rings. The molecule has 3 atom stereocenters. The second-order valence-electron chi connectivity index (χ2n) is 8.19. The van der Waals surface area contributed by atoms with Gasteiger partial charge in [-0.05, 0) is 38.0 Å². The minimum atomic E-state index is -0.897. The van der Waals surface area contributed by atoms with Crippen LogP contribution in [0.25, 0.3) is 0 Å². The van der Waals surface area contributed by atoms with Crippen LogP contribution in [0.1, 0.15) is 19.4 Å². The lowest BCUT2D eigenvalue weighted by atomic mass is 10.0. The normalized spacial score (nSPS) is 23.0. The largest absolute Gasteiger partial charge is 0.508 e. The van der Waals surface area contributed by atoms with E-state index in [4.69, 9.17) is 11.5 Å². The van der Waals surface area contributed by atoms with Crippen molar-refractivity contribution in [1.82, 2.24) is 16.0 Å². The average molecular weight is 498 g/mol. The average Bonchev–Trinajstić information content (AvgIpc) is 2.75. The highest BCUT2D eigenvalue weighted by Gasteiger charge is 2.36. The van der Waals surface area contributed by atoms with Gasteiger partial charge in [-0.1, -0.05) is 12.1 Å². The summed E-state index contributed by atoms with van der Waals surface area (Å²) in [6.07, 6.45) is 0.232. The number of primary amides is 1. The number of hydrogen-bond acceptors (Lipinski definition) is 8. The number of amides is 4. The summed E-state index contributed by atoms with van der Waals surface area (Å²) in [5.74, 6) is -0.504. The first kappa shape index (κ1) is 26.8. The van der Waals surface area contributed by atoms with Crippen LogP contribution in [0.5, 0.6) is 5.75 Å². The molecule has 1 saturated heterocycles. The van der Waals surface area contributed by atoms with Crippen molar-refractivity contribution < 1.29 is 24.3 Å². The molecule has 1 fully saturated rings. The Morgan fingerprint density at radius 3 is 2.55 bits per heavy atom. The molecule has 0 bridgehead atoms. The molecule has 12 heteroatoms. The molecular formula is C21H31N5O5S2. The van der Waals surface area contributed by atoms with E-state index in [2.05, 4.69) is 16.0 Å². The number of carbonyl (C=O) groups is 4. The molecule has 1 heterocycles. The summed E-state index contributed by atoms with van der Waals surface area (Å²) in [6, 6.07) is 3.67. The summed E-state index contributed by atoms with van der Waals surface area (Å²) in [6.45, 7) is 3.30. The fourth-order valence-electron chi connectivity index (χ4n) is 3.18. The van der Waals surface area contributed by atoms with E-state index in [1.165, 1.54) is 35.7 Å². The zero-order chi connectivity index (χ0) is 24.6. The van der Waals surface area contributed by atoms with Crippen LogP contribution in [0.4, 0.5) is 0 Å². The van der Waals surface area contributed by atoms with Gasteiger partial charge in [-0.2, -0.15) is 23.5 Å². The third kappa shape index (κ3) is 8.45. The van der Waals surface area contributed by atoms with Crippen molar-refractivity contribution in [3.8, 4) is 5.75 Å². The summed E-state index contributed by atoms with van der Waals surface area (Å²) in [5, 5.41) is 17.1. The van der Waals surface area contributed by atoms with E-state index < -0.39 is 46.5 Å². The maximum absolute atomic E-state index is 12.7. The fourth-order valence-corrected chi connectivity index (χ4v) is 5.49. The molecule has 33 heavy (non-hydrogen) atoms. The van der Waals surface area contributed by atoms with Crippen LogP contribution in [0.2, 0.25) is 0 Å². The number of carbonyl (C=O) groups excluding carboxylic acids is 4. The number of hydrogen-bond donors (Lipinski definition) is 6. The zero-order valence-electron chi connectivity index (χ0n) is 18.6. The van der Waals surface area contributed by atoms with E-state index in [1.807, 2.05) is 13.8 Å². The van der Waals surface area contributed by atoms with Gasteiger partial charge in [-0.15, -0.1) is 0 Å². The third-order valence-corrected chi connectivity index (χ3v) is 7.76. The predicted molar refractivity (Wildman–Crippen MR) is 130 cm³/mol. The van der Waals surface area contributed by atoms with Crippen LogP contribution in [-0.4, -0.2) is 75.4 Å². The van der Waals surface area contributed by atoms with Crippen molar-refractivity contribution in [1.29, 1.82) is 0 Å². The second kappa shape index (κ2) is 12.1. The van der Waals surface area contributed by atoms with Crippen molar-refractivity contribution in [2.75, 3.05) is 23.8 Å². The quantitative estimate of drug-likeness (QED) is 0.303. The molecule has 0 saturated carbocycles. The van der Waals surface area contributed by atoms with Crippen molar-refractivity contribution in [2.24, 2.45) is 11.5 Å². The molecule has 1 aliphatic heterocycles. The molecule has 182 valence electrons. The molecule has 0 unspecified atom stereocenters. The lowest BCUT2D eigenvalue weighted by Crippen LogP contribution is -2.58. The number of nitrogens with two attached hydrogens (primary N) is 2. The molecule has 2 rings (SSSR count). The van der Waals surface area contributed by atoms with Gasteiger partial charge in [0.1, 0.15) is 17.8 Å². The topological polar surface area (TPSA) is 177 Å². The second-order valence-corrected chi connectivity index (χ2v) is 11.1. The van der Waals surface area contributed by atoms with Crippen molar-refractivity contribution in [3.05, 3.63) is 29.8 Å². The zero-order valence-corrected chi connectivity index (χ0v) is 20.3. The van der Waals surface area contributed by atoms with Gasteiger partial charge < -0.3 is 32.5 Å². The molecule has 0 radical (unpaired) electrons. The summed E-state index contributed by atoms with van der Waals surface area (Å²) in [7, 11) is 0. The molecule has 0 spiro atoms. The Morgan fingerprint density at radius 1 is 1.24 bits per heavy atom. The molecule has 1 aromatic carbocycles. The van der Waals surface area contributed by atoms with E-state index in [0.717, 1.165) is 5.56 Å². The van der Waals surface area contributed by atoms with Crippen molar-refractivity contribution in [3.63, 3.8) is 0 Å². The lowest BCUT2D eigenvalue weighted by molar-refractivity contribution is -0.131. The number of nitrogens with one attached hydrogen (secondary N) is 3. The van der Waals surface area contributed by atoms with Gasteiger partial charge >= 0.3 is 0 Å². The van der Waals surface area contributed by atoms with Gasteiger partial charge in [0.25, 0.3) is 0 Å². The highest BCUT2D eigenvalue weighted by atomic mass is 32.2. The van der Waals surface area contributed by atoms with Gasteiger partial charge in [0.05, 0.1) is 12.6 Å². The lowest BCUT2D eigenvalue weighted by Gasteiger charge is -2.32. The monoisotopic (exact) mass is 497 g/mol. The van der Waals surface area contributed by atoms with Gasteiger partial charge in [0, 0.05) is 22.0 Å². The van der Waals surface area contributed by atoms with Crippen LogP contribution in [0.3, 0.4) is 0 Å². The first-order valence-electron chi connectivity index (χ1n) is 10.4. The molecular weight excluding hydrogens is 466 g/mol. The van der Waals surface area contributed by atoms with Crippen LogP contribution in [0, 0.1) is 0 Å². The molecule has 0 aromatic heterocycles. The molecule has 8 N–H and O–H groups in total. The molecule has 0 aliphatic carbocycles. The van der Waals surface area contributed by atoms with E-state index in [-0.39, 0.29) is 18.7 Å². The Balaban J connectivity index is 2.03. The van der Waals surface area contributed by atoms with Gasteiger partial charge in [-0.3, -0.25) is 19.2 Å². The maximum Gasteiger partial charge on any atom is 0.243 e. The van der Waals surface area contributed by atoms with Gasteiger partial charge in [0.15, 0.2) is 0 Å². The van der Waals surface area contributed by atoms with E-state index >= 15 is 0 Å². The number of benzene rings is 1. The number of rotatable bonds is 5. The van der Waals surface area contributed by atoms with Crippen LogP contribution < -0.4 is 27.4 Å². The van der Waals surface area contributed by atoms with E-state index in [9.17, 15) is 24.3 Å². The predicted octanol–water partition coefficient (Wildman–Crippen LogP) is -0.908. The number of aromatic hydroxyl groups is 1. The van der Waals surface area contributed by atoms with Crippen LogP contribution >= 0.6 is 23.5 Å². The van der Waals surface area contributed by atoms with E-state index in [1.54, 1.807) is 12.1 Å². The molecule has 10 nitrogen and oxygen atoms in total. The van der Waals surface area contributed by atoms with Crippen LogP contribution in [0.15, 0.2) is 24.3 Å². The van der Waals surface area contributed by atoms with Gasteiger partial charge in [0.2, 0.25) is 23.6 Å². The standard InChI is InChI=1S/C21H31N5O5S2/c1-21(2)17(18(23)29)26-16(28)10-24-20(31)15(11-32-7-8-33-21)25-19(30)14(22)9-12-3-5-13(27)6-4-12/h3-6,14-15,17,27H,7-11,22H2,1-2H3,(H2,23,29)(H,24,31)(H,25,30)(H,26,28)/t14-,15+,17-/m0/s1. The Kier molecular flexibility index (Phi) is 9.87. The number of phenols is 1. The van der Waals surface area contributed by atoms with Crippen molar-refractivity contribution >= 4 is 47.2 Å². The third-order valence-electron chi connectivity index (χ3n) is 5.06. The Morgan fingerprint density at radius 2 is 1.91 bits per heavy atom. The first-order chi connectivity index (χ1) is 15.5. The Hall–Kier alpha value is -2.44. The highest BCUT2D eigenvalue weighted by Crippen LogP contribution is 2.29. The summed E-state index contributed by atoms with van der Waals surface area (Å²) < 4.78 is -0.630. The van der Waals surface area contributed by atoms with Crippen molar-refractivity contribution in [2.45, 2.75) is 43.1 Å². The summed E-state index contributed by atoms with van der Waals surface area (Å²) >= 11 is 2.96. The Labute approximate surface area is 201 Å². The molecule has 4 amide bonds. The Bertz CT molecular complexity index is 865. The fraction of sp³-hybridized carbons (Fsp3) is 0.524. The maximum atomic E-state index is 12.7. The van der Waals surface area contributed by atoms with Gasteiger partial charge in [-0.25, -0.2) is 0 Å². The first-order valence-corrected chi connectivity index (χ1v) is 12.6. The molecule has 1 aromatic rings. The summed E-state index contributed by atoms with van der Waals surface area (Å²) in [4.78, 5) is 49.5. The SMILES string of the molecule is CC1(C)SCCSC[C@@H](NC(=O)[C@@H](N)Cc2ccc(O)cc2)C(=O)NCC(=O)N[C@H]1C(N)=O. The summed E-state index contributed by atoms with van der Waals surface area (Å²) in [5.41, 5.74) is 12.3. The minimum Gasteiger partial charge on any atom is -0.508 e. The number of thioether (sulfide) groups is 2. The highest BCUT2D eigenvalue weighted by molar-refractivity contribution is 8.03. The van der Waals surface area contributed by atoms with Crippen LogP contribution in [-0.2, 0) is 25.6 Å².